The lowest BCUT2D eigenvalue weighted by Gasteiger charge is -2.26. The highest BCUT2D eigenvalue weighted by molar-refractivity contribution is 8.00. The number of aryl methyl sites for hydroxylation is 2. The van der Waals surface area contributed by atoms with E-state index in [0.717, 1.165) is 28.8 Å². The molecule has 2 unspecified atom stereocenters. The summed E-state index contributed by atoms with van der Waals surface area (Å²) < 4.78 is 0. The Labute approximate surface area is 188 Å². The van der Waals surface area contributed by atoms with E-state index in [2.05, 4.69) is 61.7 Å². The SMILES string of the molecule is Cc1ccc(C2SCC(=O)N2c2ccc(C(=O)NCC3=CCC(C)C=C3)cc2C)cc1. The van der Waals surface area contributed by atoms with Gasteiger partial charge in [-0.3, -0.25) is 14.5 Å². The summed E-state index contributed by atoms with van der Waals surface area (Å²) in [5.74, 6) is 1.02. The fraction of sp³-hybridized carbons (Fsp3) is 0.308. The van der Waals surface area contributed by atoms with Crippen molar-refractivity contribution in [2.75, 3.05) is 17.2 Å². The van der Waals surface area contributed by atoms with Crippen LogP contribution in [-0.2, 0) is 4.79 Å². The first-order valence-electron chi connectivity index (χ1n) is 10.7. The van der Waals surface area contributed by atoms with Crippen LogP contribution in [0.1, 0.15) is 45.8 Å². The molecule has 1 N–H and O–H groups in total. The van der Waals surface area contributed by atoms with Crippen LogP contribution in [-0.4, -0.2) is 24.1 Å². The average Bonchev–Trinajstić information content (AvgIpc) is 3.14. The van der Waals surface area contributed by atoms with Gasteiger partial charge >= 0.3 is 0 Å². The van der Waals surface area contributed by atoms with Crippen LogP contribution in [0.4, 0.5) is 5.69 Å². The second-order valence-electron chi connectivity index (χ2n) is 8.37. The lowest BCUT2D eigenvalue weighted by atomic mass is 9.98. The van der Waals surface area contributed by atoms with Crippen LogP contribution >= 0.6 is 11.8 Å². The number of rotatable bonds is 5. The topological polar surface area (TPSA) is 49.4 Å². The number of nitrogens with one attached hydrogen (secondary N) is 1. The Bertz CT molecular complexity index is 1060. The lowest BCUT2D eigenvalue weighted by molar-refractivity contribution is -0.115. The molecule has 4 nitrogen and oxygen atoms in total. The number of hydrogen-bond donors (Lipinski definition) is 1. The van der Waals surface area contributed by atoms with Crippen molar-refractivity contribution in [1.29, 1.82) is 0 Å². The highest BCUT2D eigenvalue weighted by Crippen LogP contribution is 2.42. The van der Waals surface area contributed by atoms with Gasteiger partial charge in [-0.25, -0.2) is 0 Å². The van der Waals surface area contributed by atoms with Gasteiger partial charge in [0, 0.05) is 17.8 Å². The Morgan fingerprint density at radius 2 is 1.94 bits per heavy atom. The van der Waals surface area contributed by atoms with Gasteiger partial charge in [0.2, 0.25) is 5.91 Å². The third-order valence-electron chi connectivity index (χ3n) is 5.79. The first-order valence-corrected chi connectivity index (χ1v) is 11.7. The van der Waals surface area contributed by atoms with E-state index in [0.29, 0.717) is 23.8 Å². The highest BCUT2D eigenvalue weighted by atomic mass is 32.2. The molecule has 0 radical (unpaired) electrons. The molecule has 1 aliphatic carbocycles. The van der Waals surface area contributed by atoms with Crippen molar-refractivity contribution in [2.24, 2.45) is 5.92 Å². The maximum Gasteiger partial charge on any atom is 0.251 e. The van der Waals surface area contributed by atoms with Crippen LogP contribution in [0.3, 0.4) is 0 Å². The summed E-state index contributed by atoms with van der Waals surface area (Å²) in [7, 11) is 0. The molecule has 0 spiro atoms. The quantitative estimate of drug-likeness (QED) is 0.694. The number of carbonyl (C=O) groups is 2. The van der Waals surface area contributed by atoms with E-state index < -0.39 is 0 Å². The minimum Gasteiger partial charge on any atom is -0.348 e. The number of anilines is 1. The number of allylic oxidation sites excluding steroid dienone is 2. The smallest absolute Gasteiger partial charge is 0.251 e. The van der Waals surface area contributed by atoms with E-state index in [4.69, 9.17) is 0 Å². The van der Waals surface area contributed by atoms with E-state index in [-0.39, 0.29) is 17.2 Å². The Kier molecular flexibility index (Phi) is 6.33. The van der Waals surface area contributed by atoms with Crippen LogP contribution in [0.15, 0.2) is 66.3 Å². The Hall–Kier alpha value is -2.79. The van der Waals surface area contributed by atoms with Gasteiger partial charge in [0.25, 0.3) is 5.91 Å². The molecule has 2 aromatic carbocycles. The van der Waals surface area contributed by atoms with Crippen molar-refractivity contribution in [1.82, 2.24) is 5.32 Å². The van der Waals surface area contributed by atoms with E-state index >= 15 is 0 Å². The summed E-state index contributed by atoms with van der Waals surface area (Å²) in [6, 6.07) is 13.9. The molecule has 31 heavy (non-hydrogen) atoms. The average molecular weight is 433 g/mol. The van der Waals surface area contributed by atoms with Crippen LogP contribution < -0.4 is 10.2 Å². The Morgan fingerprint density at radius 3 is 2.61 bits per heavy atom. The molecule has 1 heterocycles. The van der Waals surface area contributed by atoms with Crippen LogP contribution in [0.2, 0.25) is 0 Å². The Balaban J connectivity index is 1.49. The van der Waals surface area contributed by atoms with Crippen molar-refractivity contribution in [2.45, 2.75) is 32.6 Å². The van der Waals surface area contributed by atoms with E-state index in [1.807, 2.05) is 30.0 Å². The predicted molar refractivity (Wildman–Crippen MR) is 128 cm³/mol. The van der Waals surface area contributed by atoms with E-state index in [1.54, 1.807) is 11.8 Å². The minimum atomic E-state index is -0.0974. The molecular formula is C26H28N2O2S. The van der Waals surface area contributed by atoms with Gasteiger partial charge in [-0.15, -0.1) is 11.8 Å². The number of nitrogens with zero attached hydrogens (tertiary/aromatic N) is 1. The van der Waals surface area contributed by atoms with Crippen LogP contribution in [0.25, 0.3) is 0 Å². The fourth-order valence-corrected chi connectivity index (χ4v) is 5.09. The molecule has 0 saturated carbocycles. The van der Waals surface area contributed by atoms with Gasteiger partial charge < -0.3 is 5.32 Å². The number of thioether (sulfide) groups is 1. The van der Waals surface area contributed by atoms with Gasteiger partial charge in [-0.1, -0.05) is 55.0 Å². The summed E-state index contributed by atoms with van der Waals surface area (Å²) in [4.78, 5) is 27.2. The van der Waals surface area contributed by atoms with Crippen molar-refractivity contribution in [3.8, 4) is 0 Å². The van der Waals surface area contributed by atoms with Crippen LogP contribution in [0.5, 0.6) is 0 Å². The number of amides is 2. The molecule has 2 aliphatic rings. The van der Waals surface area contributed by atoms with Gasteiger partial charge in [-0.05, 0) is 61.1 Å². The lowest BCUT2D eigenvalue weighted by Crippen LogP contribution is -2.29. The van der Waals surface area contributed by atoms with Gasteiger partial charge in [0.1, 0.15) is 5.37 Å². The number of carbonyl (C=O) groups excluding carboxylic acids is 2. The van der Waals surface area contributed by atoms with Crippen molar-refractivity contribution < 1.29 is 9.59 Å². The number of benzene rings is 2. The molecular weight excluding hydrogens is 404 g/mol. The zero-order valence-corrected chi connectivity index (χ0v) is 19.0. The van der Waals surface area contributed by atoms with Gasteiger partial charge in [0.05, 0.1) is 5.75 Å². The van der Waals surface area contributed by atoms with Crippen LogP contribution in [0, 0.1) is 19.8 Å². The summed E-state index contributed by atoms with van der Waals surface area (Å²) in [6.45, 7) is 6.73. The maximum absolute atomic E-state index is 12.7. The monoisotopic (exact) mass is 432 g/mol. The van der Waals surface area contributed by atoms with Gasteiger partial charge in [-0.2, -0.15) is 0 Å². The summed E-state index contributed by atoms with van der Waals surface area (Å²) in [5.41, 5.74) is 5.85. The second-order valence-corrected chi connectivity index (χ2v) is 9.44. The molecule has 2 amide bonds. The third kappa shape index (κ3) is 4.77. The molecule has 5 heteroatoms. The van der Waals surface area contributed by atoms with E-state index in [9.17, 15) is 9.59 Å². The Morgan fingerprint density at radius 1 is 1.16 bits per heavy atom. The molecule has 0 bridgehead atoms. The molecule has 0 aromatic heterocycles. The molecule has 1 fully saturated rings. The highest BCUT2D eigenvalue weighted by Gasteiger charge is 2.34. The summed E-state index contributed by atoms with van der Waals surface area (Å²) >= 11 is 1.64. The molecule has 2 atom stereocenters. The molecule has 1 saturated heterocycles. The fourth-order valence-electron chi connectivity index (χ4n) is 3.92. The molecule has 160 valence electrons. The maximum atomic E-state index is 12.7. The molecule has 4 rings (SSSR count). The largest absolute Gasteiger partial charge is 0.348 e. The predicted octanol–water partition coefficient (Wildman–Crippen LogP) is 5.33. The summed E-state index contributed by atoms with van der Waals surface area (Å²) in [5, 5.41) is 2.96. The van der Waals surface area contributed by atoms with Crippen molar-refractivity contribution >= 4 is 29.3 Å². The second kappa shape index (κ2) is 9.15. The number of hydrogen-bond acceptors (Lipinski definition) is 3. The molecule has 1 aliphatic heterocycles. The summed E-state index contributed by atoms with van der Waals surface area (Å²) in [6.07, 6.45) is 7.46. The minimum absolute atomic E-state index is 0.0427. The zero-order valence-electron chi connectivity index (χ0n) is 18.2. The standard InChI is InChI=1S/C26H28N2O2S/c1-17-4-8-20(9-5-17)15-27-25(30)22-12-13-23(19(3)14-22)28-24(29)16-31-26(28)21-10-6-18(2)7-11-21/h4,6-14,17,26H,5,15-16H2,1-3H3,(H,27,30). The van der Waals surface area contributed by atoms with Gasteiger partial charge in [0.15, 0.2) is 0 Å². The zero-order chi connectivity index (χ0) is 22.0. The third-order valence-corrected chi connectivity index (χ3v) is 7.00. The van der Waals surface area contributed by atoms with Crippen molar-refractivity contribution in [3.63, 3.8) is 0 Å². The first kappa shape index (κ1) is 21.4. The first-order chi connectivity index (χ1) is 14.9. The normalized spacial score (nSPS) is 20.7. The van der Waals surface area contributed by atoms with Crippen molar-refractivity contribution in [3.05, 3.63) is 88.5 Å². The molecule has 2 aromatic rings. The van der Waals surface area contributed by atoms with E-state index in [1.165, 1.54) is 5.56 Å².